The van der Waals surface area contributed by atoms with Crippen molar-refractivity contribution in [1.82, 2.24) is 0 Å². The zero-order chi connectivity index (χ0) is 15.6. The van der Waals surface area contributed by atoms with Gasteiger partial charge in [0.1, 0.15) is 12.4 Å². The molecule has 0 saturated heterocycles. The molecular weight excluding hydrogens is 304 g/mol. The van der Waals surface area contributed by atoms with Crippen molar-refractivity contribution in [2.75, 3.05) is 0 Å². The Balaban J connectivity index is 2.18. The summed E-state index contributed by atoms with van der Waals surface area (Å²) in [5.74, 6) is -0.449. The van der Waals surface area contributed by atoms with E-state index >= 15 is 0 Å². The molecule has 0 fully saturated rings. The van der Waals surface area contributed by atoms with Crippen LogP contribution < -0.4 is 4.74 Å². The molecule has 114 valence electrons. The van der Waals surface area contributed by atoms with Crippen LogP contribution in [0, 0.1) is 0 Å². The Hall–Kier alpha value is -1.33. The maximum atomic E-state index is 11.4. The Labute approximate surface area is 133 Å². The second-order valence-corrected chi connectivity index (χ2v) is 8.17. The molecule has 0 amide bonds. The van der Waals surface area contributed by atoms with Gasteiger partial charge in [-0.15, -0.1) is 22.7 Å². The van der Waals surface area contributed by atoms with Crippen LogP contribution in [0.4, 0.5) is 0 Å². The summed E-state index contributed by atoms with van der Waals surface area (Å²) in [6, 6.07) is 6.00. The summed E-state index contributed by atoms with van der Waals surface area (Å²) in [6.45, 7) is 8.75. The SMILES string of the molecule is CCc1ccc(COc2cc(C(C)(C)C)sc2C(=O)O)s1. The third-order valence-corrected chi connectivity index (χ3v) is 5.80. The fraction of sp³-hybridized carbons (Fsp3) is 0.438. The molecule has 0 atom stereocenters. The third kappa shape index (κ3) is 3.86. The van der Waals surface area contributed by atoms with E-state index < -0.39 is 5.97 Å². The van der Waals surface area contributed by atoms with Gasteiger partial charge in [-0.3, -0.25) is 0 Å². The van der Waals surface area contributed by atoms with Crippen molar-refractivity contribution in [2.24, 2.45) is 0 Å². The first-order valence-corrected chi connectivity index (χ1v) is 8.52. The number of carbonyl (C=O) groups is 1. The average Bonchev–Trinajstić information content (AvgIpc) is 3.02. The van der Waals surface area contributed by atoms with E-state index in [-0.39, 0.29) is 10.3 Å². The summed E-state index contributed by atoms with van der Waals surface area (Å²) in [4.78, 5) is 15.1. The molecule has 0 radical (unpaired) electrons. The minimum atomic E-state index is -0.925. The van der Waals surface area contributed by atoms with Gasteiger partial charge in [0.2, 0.25) is 0 Å². The van der Waals surface area contributed by atoms with Crippen LogP contribution >= 0.6 is 22.7 Å². The molecule has 21 heavy (non-hydrogen) atoms. The Bertz CT molecular complexity index is 632. The summed E-state index contributed by atoms with van der Waals surface area (Å²) in [5.41, 5.74) is -0.0746. The lowest BCUT2D eigenvalue weighted by molar-refractivity contribution is 0.0697. The van der Waals surface area contributed by atoms with Crippen molar-refractivity contribution < 1.29 is 14.6 Å². The molecule has 0 aliphatic carbocycles. The molecule has 1 N–H and O–H groups in total. The molecule has 0 unspecified atom stereocenters. The second-order valence-electron chi connectivity index (χ2n) is 5.87. The second kappa shape index (κ2) is 6.20. The third-order valence-electron chi connectivity index (χ3n) is 3.07. The summed E-state index contributed by atoms with van der Waals surface area (Å²) in [5, 5.41) is 9.32. The molecular formula is C16H20O3S2. The van der Waals surface area contributed by atoms with Crippen LogP contribution in [0.1, 0.15) is 52.0 Å². The van der Waals surface area contributed by atoms with E-state index in [1.807, 2.05) is 12.1 Å². The van der Waals surface area contributed by atoms with Crippen LogP contribution in [0.2, 0.25) is 0 Å². The lowest BCUT2D eigenvalue weighted by Gasteiger charge is -2.14. The fourth-order valence-corrected chi connectivity index (χ4v) is 3.71. The molecule has 0 aliphatic rings. The van der Waals surface area contributed by atoms with E-state index in [1.165, 1.54) is 16.2 Å². The van der Waals surface area contributed by atoms with Gasteiger partial charge in [0.05, 0.1) is 0 Å². The minimum Gasteiger partial charge on any atom is -0.486 e. The maximum absolute atomic E-state index is 11.4. The molecule has 3 nitrogen and oxygen atoms in total. The highest BCUT2D eigenvalue weighted by Gasteiger charge is 2.23. The van der Waals surface area contributed by atoms with Gasteiger partial charge in [-0.1, -0.05) is 27.7 Å². The first-order valence-electron chi connectivity index (χ1n) is 6.89. The predicted octanol–water partition coefficient (Wildman–Crippen LogP) is 4.95. The summed E-state index contributed by atoms with van der Waals surface area (Å²) in [6.07, 6.45) is 1.01. The summed E-state index contributed by atoms with van der Waals surface area (Å²) in [7, 11) is 0. The smallest absolute Gasteiger partial charge is 0.349 e. The number of aryl methyl sites for hydroxylation is 1. The van der Waals surface area contributed by atoms with Crippen LogP contribution in [0.15, 0.2) is 18.2 Å². The van der Waals surface area contributed by atoms with Crippen LogP contribution in [0.25, 0.3) is 0 Å². The van der Waals surface area contributed by atoms with Crippen LogP contribution in [0.3, 0.4) is 0 Å². The number of hydrogen-bond acceptors (Lipinski definition) is 4. The number of thiophene rings is 2. The van der Waals surface area contributed by atoms with Gasteiger partial charge in [-0.05, 0) is 30.0 Å². The summed E-state index contributed by atoms with van der Waals surface area (Å²) < 4.78 is 5.76. The Morgan fingerprint density at radius 1 is 1.24 bits per heavy atom. The Kier molecular flexibility index (Phi) is 4.74. The largest absolute Gasteiger partial charge is 0.486 e. The zero-order valence-corrected chi connectivity index (χ0v) is 14.4. The molecule has 2 rings (SSSR count). The van der Waals surface area contributed by atoms with Gasteiger partial charge < -0.3 is 9.84 Å². The lowest BCUT2D eigenvalue weighted by atomic mass is 9.95. The molecule has 0 aromatic carbocycles. The molecule has 2 heterocycles. The number of rotatable bonds is 5. The number of ether oxygens (including phenoxy) is 1. The monoisotopic (exact) mass is 324 g/mol. The highest BCUT2D eigenvalue weighted by molar-refractivity contribution is 7.14. The van der Waals surface area contributed by atoms with Crippen molar-refractivity contribution in [1.29, 1.82) is 0 Å². The number of hydrogen-bond donors (Lipinski definition) is 1. The van der Waals surface area contributed by atoms with Crippen molar-refractivity contribution in [2.45, 2.75) is 46.1 Å². The van der Waals surface area contributed by atoms with Crippen LogP contribution in [0.5, 0.6) is 5.75 Å². The van der Waals surface area contributed by atoms with E-state index in [1.54, 1.807) is 11.3 Å². The van der Waals surface area contributed by atoms with Gasteiger partial charge in [0.15, 0.2) is 4.88 Å². The highest BCUT2D eigenvalue weighted by Crippen LogP contribution is 2.37. The normalized spacial score (nSPS) is 11.6. The highest BCUT2D eigenvalue weighted by atomic mass is 32.1. The van der Waals surface area contributed by atoms with Crippen molar-refractivity contribution in [3.05, 3.63) is 37.7 Å². The minimum absolute atomic E-state index is 0.0746. The number of aromatic carboxylic acids is 1. The topological polar surface area (TPSA) is 46.5 Å². The molecule has 2 aromatic heterocycles. The maximum Gasteiger partial charge on any atom is 0.349 e. The van der Waals surface area contributed by atoms with Crippen molar-refractivity contribution in [3.63, 3.8) is 0 Å². The Morgan fingerprint density at radius 3 is 2.43 bits per heavy atom. The van der Waals surface area contributed by atoms with Crippen LogP contribution in [-0.4, -0.2) is 11.1 Å². The Morgan fingerprint density at radius 2 is 1.90 bits per heavy atom. The number of carboxylic acids is 1. The standard InChI is InChI=1S/C16H20O3S2/c1-5-10-6-7-11(20-10)9-19-12-8-13(16(2,3)4)21-14(12)15(17)18/h6-8H,5,9H2,1-4H3,(H,17,18). The summed E-state index contributed by atoms with van der Waals surface area (Å²) >= 11 is 3.01. The quantitative estimate of drug-likeness (QED) is 0.846. The van der Waals surface area contributed by atoms with Gasteiger partial charge in [-0.25, -0.2) is 4.79 Å². The van der Waals surface area contributed by atoms with Gasteiger partial charge in [-0.2, -0.15) is 0 Å². The van der Waals surface area contributed by atoms with Gasteiger partial charge in [0, 0.05) is 14.6 Å². The molecule has 0 aliphatic heterocycles. The molecule has 0 bridgehead atoms. The predicted molar refractivity (Wildman–Crippen MR) is 88.0 cm³/mol. The van der Waals surface area contributed by atoms with Gasteiger partial charge in [0.25, 0.3) is 0 Å². The van der Waals surface area contributed by atoms with E-state index in [9.17, 15) is 9.90 Å². The van der Waals surface area contributed by atoms with Crippen LogP contribution in [-0.2, 0) is 18.4 Å². The van der Waals surface area contributed by atoms with E-state index in [0.29, 0.717) is 12.4 Å². The number of carboxylic acid groups (broad SMARTS) is 1. The van der Waals surface area contributed by atoms with Crippen molar-refractivity contribution >= 4 is 28.6 Å². The zero-order valence-electron chi connectivity index (χ0n) is 12.7. The molecule has 5 heteroatoms. The first kappa shape index (κ1) is 16.0. The van der Waals surface area contributed by atoms with E-state index in [0.717, 1.165) is 16.2 Å². The van der Waals surface area contributed by atoms with Gasteiger partial charge >= 0.3 is 5.97 Å². The van der Waals surface area contributed by atoms with E-state index in [2.05, 4.69) is 33.8 Å². The molecule has 0 spiro atoms. The molecule has 0 saturated carbocycles. The molecule has 2 aromatic rings. The average molecular weight is 324 g/mol. The van der Waals surface area contributed by atoms with Crippen molar-refractivity contribution in [3.8, 4) is 5.75 Å². The first-order chi connectivity index (χ1) is 9.81. The van der Waals surface area contributed by atoms with E-state index in [4.69, 9.17) is 4.74 Å². The fourth-order valence-electron chi connectivity index (χ4n) is 1.84. The lowest BCUT2D eigenvalue weighted by Crippen LogP contribution is -2.08.